The van der Waals surface area contributed by atoms with Crippen LogP contribution in [0.2, 0.25) is 0 Å². The van der Waals surface area contributed by atoms with E-state index in [-0.39, 0.29) is 0 Å². The third-order valence-corrected chi connectivity index (χ3v) is 3.18. The van der Waals surface area contributed by atoms with Crippen molar-refractivity contribution in [2.24, 2.45) is 0 Å². The Bertz CT molecular complexity index is 392. The first-order chi connectivity index (χ1) is 6.80. The second-order valence-electron chi connectivity index (χ2n) is 2.72. The maximum atomic E-state index is 11.3. The molecule has 0 unspecified atom stereocenters. The lowest BCUT2D eigenvalue weighted by Gasteiger charge is -2.11. The van der Waals surface area contributed by atoms with Crippen molar-refractivity contribution < 1.29 is 4.79 Å². The fourth-order valence-electron chi connectivity index (χ4n) is 0.801. The Morgan fingerprint density at radius 1 is 1.47 bits per heavy atom. The summed E-state index contributed by atoms with van der Waals surface area (Å²) in [5.74, 6) is -0.357. The Morgan fingerprint density at radius 3 is 2.53 bits per heavy atom. The summed E-state index contributed by atoms with van der Waals surface area (Å²) in [5.41, 5.74) is 0.803. The van der Waals surface area contributed by atoms with Crippen molar-refractivity contribution in [3.8, 4) is 0 Å². The third kappa shape index (κ3) is 3.94. The largest absolute Gasteiger partial charge is 0.307 e. The van der Waals surface area contributed by atoms with Gasteiger partial charge in [-0.1, -0.05) is 34.8 Å². The molecule has 0 saturated heterocycles. The third-order valence-electron chi connectivity index (χ3n) is 1.52. The maximum absolute atomic E-state index is 11.3. The molecule has 0 saturated carbocycles. The zero-order valence-electron chi connectivity index (χ0n) is 7.52. The highest BCUT2D eigenvalue weighted by Gasteiger charge is 2.30. The van der Waals surface area contributed by atoms with Gasteiger partial charge in [-0.05, 0) is 41.6 Å². The average Bonchev–Trinajstić information content (AvgIpc) is 2.10. The molecule has 1 amide bonds. The first-order valence-corrected chi connectivity index (χ1v) is 6.03. The Morgan fingerprint density at radius 2 is 2.07 bits per heavy atom. The van der Waals surface area contributed by atoms with Crippen LogP contribution < -0.4 is 5.32 Å². The van der Waals surface area contributed by atoms with E-state index < -0.39 is 9.70 Å². The van der Waals surface area contributed by atoms with Crippen molar-refractivity contribution >= 4 is 69.1 Å². The van der Waals surface area contributed by atoms with E-state index in [0.29, 0.717) is 5.82 Å². The van der Waals surface area contributed by atoms with Crippen LogP contribution in [-0.4, -0.2) is 14.7 Å². The maximum Gasteiger partial charge on any atom is 0.277 e. The van der Waals surface area contributed by atoms with Crippen LogP contribution in [0.15, 0.2) is 12.1 Å². The van der Waals surface area contributed by atoms with Gasteiger partial charge < -0.3 is 5.32 Å². The molecule has 1 aromatic rings. The van der Waals surface area contributed by atoms with E-state index in [1.54, 1.807) is 6.07 Å². The van der Waals surface area contributed by atoms with E-state index in [1.165, 1.54) is 0 Å². The average molecular weight is 379 g/mol. The monoisotopic (exact) mass is 378 g/mol. The summed E-state index contributed by atoms with van der Waals surface area (Å²) < 4.78 is -0.974. The summed E-state index contributed by atoms with van der Waals surface area (Å²) >= 11 is 18.3. The predicted octanol–water partition coefficient (Wildman–Crippen LogP) is 3.30. The summed E-state index contributed by atoms with van der Waals surface area (Å²) in [5, 5.41) is 2.40. The van der Waals surface area contributed by atoms with Crippen LogP contribution in [0.25, 0.3) is 0 Å². The van der Waals surface area contributed by atoms with Gasteiger partial charge in [-0.25, -0.2) is 4.98 Å². The topological polar surface area (TPSA) is 42.0 Å². The van der Waals surface area contributed by atoms with Crippen LogP contribution in [0.4, 0.5) is 5.82 Å². The van der Waals surface area contributed by atoms with Crippen molar-refractivity contribution in [3.05, 3.63) is 21.4 Å². The fourth-order valence-corrected chi connectivity index (χ4v) is 1.24. The summed E-state index contributed by atoms with van der Waals surface area (Å²) in [7, 11) is 0. The Balaban J connectivity index is 2.83. The molecule has 7 heteroatoms. The SMILES string of the molecule is Cc1nc(NC(=O)C(Cl)(Cl)Cl)ccc1I. The number of amides is 1. The molecular formula is C8H6Cl3IN2O. The number of aromatic nitrogens is 1. The number of halogens is 4. The number of anilines is 1. The molecule has 1 rings (SSSR count). The molecule has 3 nitrogen and oxygen atoms in total. The zero-order valence-corrected chi connectivity index (χ0v) is 11.9. The second-order valence-corrected chi connectivity index (χ2v) is 6.16. The smallest absolute Gasteiger partial charge is 0.277 e. The molecule has 15 heavy (non-hydrogen) atoms. The molecule has 0 bridgehead atoms. The number of nitrogens with one attached hydrogen (secondary N) is 1. The summed E-state index contributed by atoms with van der Waals surface area (Å²) in [4.78, 5) is 15.4. The van der Waals surface area contributed by atoms with E-state index in [1.807, 2.05) is 13.0 Å². The molecule has 0 spiro atoms. The zero-order chi connectivity index (χ0) is 11.6. The lowest BCUT2D eigenvalue weighted by Crippen LogP contribution is -2.27. The summed E-state index contributed by atoms with van der Waals surface area (Å²) in [6.07, 6.45) is 0. The highest BCUT2D eigenvalue weighted by atomic mass is 127. The van der Waals surface area contributed by atoms with E-state index in [0.717, 1.165) is 9.26 Å². The highest BCUT2D eigenvalue weighted by Crippen LogP contribution is 2.27. The van der Waals surface area contributed by atoms with Crippen molar-refractivity contribution in [2.75, 3.05) is 5.32 Å². The number of pyridine rings is 1. The van der Waals surface area contributed by atoms with E-state index in [4.69, 9.17) is 34.8 Å². The molecule has 0 fully saturated rings. The van der Waals surface area contributed by atoms with E-state index >= 15 is 0 Å². The molecule has 0 atom stereocenters. The number of hydrogen-bond acceptors (Lipinski definition) is 2. The second kappa shape index (κ2) is 5.03. The highest BCUT2D eigenvalue weighted by molar-refractivity contribution is 14.1. The number of carbonyl (C=O) groups excluding carboxylic acids is 1. The summed E-state index contributed by atoms with van der Waals surface area (Å²) in [6.45, 7) is 1.83. The predicted molar refractivity (Wildman–Crippen MR) is 70.6 cm³/mol. The van der Waals surface area contributed by atoms with Crippen LogP contribution >= 0.6 is 57.4 Å². The van der Waals surface area contributed by atoms with Gasteiger partial charge in [-0.15, -0.1) is 0 Å². The minimum atomic E-state index is -1.97. The van der Waals surface area contributed by atoms with Crippen LogP contribution in [0.3, 0.4) is 0 Å². The van der Waals surface area contributed by atoms with Gasteiger partial charge in [0, 0.05) is 3.57 Å². The van der Waals surface area contributed by atoms with Crippen molar-refractivity contribution in [3.63, 3.8) is 0 Å². The molecular weight excluding hydrogens is 373 g/mol. The minimum absolute atomic E-state index is 0.365. The van der Waals surface area contributed by atoms with Gasteiger partial charge in [-0.3, -0.25) is 4.79 Å². The standard InChI is InChI=1S/C8H6Cl3IN2O/c1-4-5(12)2-3-6(13-4)14-7(15)8(9,10)11/h2-3H,1H3,(H,13,14,15). The molecule has 82 valence electrons. The van der Waals surface area contributed by atoms with Gasteiger partial charge in [0.15, 0.2) is 0 Å². The number of rotatable bonds is 1. The van der Waals surface area contributed by atoms with Gasteiger partial charge in [-0.2, -0.15) is 0 Å². The Hall–Kier alpha value is 0.220. The van der Waals surface area contributed by atoms with Gasteiger partial charge in [0.05, 0.1) is 5.69 Å². The molecule has 0 aliphatic carbocycles. The molecule has 0 aliphatic heterocycles. The first-order valence-electron chi connectivity index (χ1n) is 3.82. The van der Waals surface area contributed by atoms with E-state index in [2.05, 4.69) is 32.9 Å². The molecule has 1 N–H and O–H groups in total. The van der Waals surface area contributed by atoms with Gasteiger partial charge >= 0.3 is 0 Å². The number of hydrogen-bond donors (Lipinski definition) is 1. The number of aryl methyl sites for hydroxylation is 1. The molecule has 1 heterocycles. The van der Waals surface area contributed by atoms with Crippen LogP contribution in [-0.2, 0) is 4.79 Å². The van der Waals surface area contributed by atoms with Crippen LogP contribution in [0, 0.1) is 10.5 Å². The number of nitrogens with zero attached hydrogens (tertiary/aromatic N) is 1. The fraction of sp³-hybridized carbons (Fsp3) is 0.250. The van der Waals surface area contributed by atoms with Gasteiger partial charge in [0.2, 0.25) is 0 Å². The molecule has 0 aliphatic rings. The van der Waals surface area contributed by atoms with Gasteiger partial charge in [0.25, 0.3) is 9.70 Å². The van der Waals surface area contributed by atoms with Gasteiger partial charge in [0.1, 0.15) is 5.82 Å². The normalized spacial score (nSPS) is 11.3. The lowest BCUT2D eigenvalue weighted by molar-refractivity contribution is -0.115. The van der Waals surface area contributed by atoms with Crippen molar-refractivity contribution in [1.29, 1.82) is 0 Å². The molecule has 0 radical (unpaired) electrons. The number of alkyl halides is 3. The number of carbonyl (C=O) groups is 1. The van der Waals surface area contributed by atoms with Crippen LogP contribution in [0.5, 0.6) is 0 Å². The minimum Gasteiger partial charge on any atom is -0.307 e. The molecule has 0 aromatic carbocycles. The lowest BCUT2D eigenvalue weighted by atomic mass is 10.4. The van der Waals surface area contributed by atoms with E-state index in [9.17, 15) is 4.79 Å². The summed E-state index contributed by atoms with van der Waals surface area (Å²) in [6, 6.07) is 3.46. The van der Waals surface area contributed by atoms with Crippen molar-refractivity contribution in [1.82, 2.24) is 4.98 Å². The Labute approximate surface area is 116 Å². The van der Waals surface area contributed by atoms with Crippen LogP contribution in [0.1, 0.15) is 5.69 Å². The first kappa shape index (κ1) is 13.3. The molecule has 1 aromatic heterocycles. The quantitative estimate of drug-likeness (QED) is 0.601. The Kier molecular flexibility index (Phi) is 4.46. The van der Waals surface area contributed by atoms with Crippen molar-refractivity contribution in [2.45, 2.75) is 10.7 Å².